The first-order valence-corrected chi connectivity index (χ1v) is 6.69. The Bertz CT molecular complexity index is 390. The number of anilines is 1. The molecule has 98 valence electrons. The number of halogens is 1. The van der Waals surface area contributed by atoms with Gasteiger partial charge in [-0.2, -0.15) is 15.0 Å². The maximum Gasteiger partial charge on any atom is 0.230 e. The number of morpholine rings is 1. The minimum Gasteiger partial charge on any atom is -0.366 e. The lowest BCUT2D eigenvalue weighted by molar-refractivity contribution is 0.0283. The lowest BCUT2D eigenvalue weighted by atomic mass is 10.2. The van der Waals surface area contributed by atoms with Crippen LogP contribution in [0.3, 0.4) is 0 Å². The summed E-state index contributed by atoms with van der Waals surface area (Å²) in [5.74, 6) is 1.33. The van der Waals surface area contributed by atoms with E-state index in [4.69, 9.17) is 16.3 Å². The fraction of sp³-hybridized carbons (Fsp3) is 0.727. The summed E-state index contributed by atoms with van der Waals surface area (Å²) in [6.07, 6.45) is 2.75. The Morgan fingerprint density at radius 2 is 2.06 bits per heavy atom. The molecule has 4 rings (SSSR count). The highest BCUT2D eigenvalue weighted by atomic mass is 35.5. The molecule has 1 aromatic rings. The molecule has 0 saturated carbocycles. The molecule has 0 aliphatic carbocycles. The van der Waals surface area contributed by atoms with E-state index < -0.39 is 0 Å². The minimum absolute atomic E-state index is 0.0262. The van der Waals surface area contributed by atoms with E-state index in [-0.39, 0.29) is 11.4 Å². The summed E-state index contributed by atoms with van der Waals surface area (Å²) in [6, 6.07) is 0. The van der Waals surface area contributed by atoms with E-state index >= 15 is 0 Å². The predicted molar refractivity (Wildman–Crippen MR) is 67.8 cm³/mol. The Hall–Kier alpha value is -0.980. The van der Waals surface area contributed by atoms with Gasteiger partial charge in [-0.3, -0.25) is 0 Å². The van der Waals surface area contributed by atoms with Gasteiger partial charge in [-0.15, -0.1) is 0 Å². The van der Waals surface area contributed by atoms with Crippen LogP contribution in [0.5, 0.6) is 0 Å². The van der Waals surface area contributed by atoms with E-state index in [0.717, 1.165) is 13.1 Å². The van der Waals surface area contributed by atoms with Crippen LogP contribution in [0.15, 0.2) is 0 Å². The van der Waals surface area contributed by atoms with Crippen molar-refractivity contribution in [2.75, 3.05) is 37.7 Å². The maximum atomic E-state index is 5.73. The molecule has 0 aromatic carbocycles. The summed E-state index contributed by atoms with van der Waals surface area (Å²) < 4.78 is 5.49. The zero-order chi connectivity index (χ0) is 12.4. The Labute approximate surface area is 111 Å². The van der Waals surface area contributed by atoms with Crippen molar-refractivity contribution in [3.63, 3.8) is 0 Å². The summed E-state index contributed by atoms with van der Waals surface area (Å²) in [4.78, 5) is 14.3. The third kappa shape index (κ3) is 2.55. The predicted octanol–water partition coefficient (Wildman–Crippen LogP) is 0.786. The van der Waals surface area contributed by atoms with Gasteiger partial charge in [0.1, 0.15) is 6.10 Å². The monoisotopic (exact) mass is 269 g/mol. The fourth-order valence-corrected chi connectivity index (χ4v) is 2.41. The molecule has 0 amide bonds. The molecule has 4 bridgehead atoms. The topological polar surface area (TPSA) is 63.2 Å². The zero-order valence-corrected chi connectivity index (χ0v) is 10.9. The number of nitrogens with one attached hydrogen (secondary N) is 1. The van der Waals surface area contributed by atoms with Gasteiger partial charge in [0.25, 0.3) is 0 Å². The van der Waals surface area contributed by atoms with Gasteiger partial charge in [-0.25, -0.2) is 0 Å². The van der Waals surface area contributed by atoms with Crippen molar-refractivity contribution in [1.29, 1.82) is 0 Å². The molecule has 4 heterocycles. The Balaban J connectivity index is 0.000000169. The highest BCUT2D eigenvalue weighted by molar-refractivity contribution is 6.28. The molecule has 18 heavy (non-hydrogen) atoms. The second-order valence-corrected chi connectivity index (χ2v) is 4.86. The van der Waals surface area contributed by atoms with E-state index in [1.54, 1.807) is 0 Å². The zero-order valence-electron chi connectivity index (χ0n) is 10.1. The second-order valence-electron chi connectivity index (χ2n) is 4.53. The molecule has 3 aliphatic rings. The average molecular weight is 270 g/mol. The van der Waals surface area contributed by atoms with Crippen molar-refractivity contribution in [3.05, 3.63) is 11.1 Å². The molecular formula is C11H16ClN5O. The van der Waals surface area contributed by atoms with Crippen LogP contribution in [-0.2, 0) is 4.74 Å². The molecule has 2 fully saturated rings. The smallest absolute Gasteiger partial charge is 0.230 e. The summed E-state index contributed by atoms with van der Waals surface area (Å²) in [7, 11) is 0. The SMILES string of the molecule is C1CCNC1.Clc1nc2nc(n1)N1CCOC2C1. The molecule has 7 heteroatoms. The molecule has 0 spiro atoms. The molecule has 1 aromatic heterocycles. The third-order valence-corrected chi connectivity index (χ3v) is 3.38. The number of fused-ring (bicyclic) bond motifs is 6. The first-order chi connectivity index (χ1) is 8.83. The van der Waals surface area contributed by atoms with Gasteiger partial charge in [0.15, 0.2) is 5.82 Å². The number of rotatable bonds is 0. The number of ether oxygens (including phenoxy) is 1. The van der Waals surface area contributed by atoms with Gasteiger partial charge in [0.2, 0.25) is 11.2 Å². The lowest BCUT2D eigenvalue weighted by Crippen LogP contribution is -2.43. The largest absolute Gasteiger partial charge is 0.366 e. The van der Waals surface area contributed by atoms with E-state index in [1.807, 2.05) is 0 Å². The molecule has 1 atom stereocenters. The van der Waals surface area contributed by atoms with Gasteiger partial charge in [-0.1, -0.05) is 0 Å². The molecule has 1 N–H and O–H groups in total. The summed E-state index contributed by atoms with van der Waals surface area (Å²) >= 11 is 5.73. The van der Waals surface area contributed by atoms with Crippen LogP contribution in [0.25, 0.3) is 0 Å². The fourth-order valence-electron chi connectivity index (χ4n) is 2.25. The van der Waals surface area contributed by atoms with Crippen molar-refractivity contribution >= 4 is 17.5 Å². The molecule has 1 unspecified atom stereocenters. The Kier molecular flexibility index (Phi) is 3.58. The Morgan fingerprint density at radius 3 is 2.78 bits per heavy atom. The number of aromatic nitrogens is 3. The highest BCUT2D eigenvalue weighted by Crippen LogP contribution is 2.28. The normalized spacial score (nSPS) is 24.5. The third-order valence-electron chi connectivity index (χ3n) is 3.21. The first kappa shape index (κ1) is 12.1. The standard InChI is InChI=1S/C7H7ClN4O.C4H9N/c8-6-9-5-4-3-12(1-2-13-4)7(10-5)11-6;1-2-4-5-3-1/h4H,1-3H2;5H,1-4H2. The van der Waals surface area contributed by atoms with Crippen molar-refractivity contribution in [2.45, 2.75) is 18.9 Å². The van der Waals surface area contributed by atoms with Gasteiger partial charge in [0, 0.05) is 6.54 Å². The van der Waals surface area contributed by atoms with Crippen LogP contribution in [0.2, 0.25) is 5.28 Å². The quantitative estimate of drug-likeness (QED) is 0.751. The number of hydrogen-bond donors (Lipinski definition) is 1. The molecule has 6 nitrogen and oxygen atoms in total. The minimum atomic E-state index is -0.0262. The second kappa shape index (κ2) is 5.34. The van der Waals surface area contributed by atoms with Crippen LogP contribution in [0.1, 0.15) is 24.8 Å². The van der Waals surface area contributed by atoms with E-state index in [9.17, 15) is 0 Å². The van der Waals surface area contributed by atoms with E-state index in [1.165, 1.54) is 25.9 Å². The number of nitrogens with zero attached hydrogens (tertiary/aromatic N) is 4. The average Bonchev–Trinajstić information content (AvgIpc) is 2.96. The summed E-state index contributed by atoms with van der Waals surface area (Å²) in [5, 5.41) is 3.47. The molecule has 2 saturated heterocycles. The van der Waals surface area contributed by atoms with Gasteiger partial charge in [0.05, 0.1) is 13.2 Å². The van der Waals surface area contributed by atoms with Gasteiger partial charge >= 0.3 is 0 Å². The first-order valence-electron chi connectivity index (χ1n) is 6.32. The van der Waals surface area contributed by atoms with Gasteiger partial charge < -0.3 is 15.0 Å². The Morgan fingerprint density at radius 1 is 1.22 bits per heavy atom. The van der Waals surface area contributed by atoms with Gasteiger partial charge in [-0.05, 0) is 37.5 Å². The lowest BCUT2D eigenvalue weighted by Gasteiger charge is -2.35. The molecule has 0 radical (unpaired) electrons. The van der Waals surface area contributed by atoms with Crippen molar-refractivity contribution in [1.82, 2.24) is 20.3 Å². The van der Waals surface area contributed by atoms with Crippen LogP contribution >= 0.6 is 11.6 Å². The molecule has 3 aliphatic heterocycles. The van der Waals surface area contributed by atoms with Crippen molar-refractivity contribution in [3.8, 4) is 0 Å². The maximum absolute atomic E-state index is 5.73. The van der Waals surface area contributed by atoms with E-state index in [0.29, 0.717) is 18.4 Å². The molecular weight excluding hydrogens is 254 g/mol. The van der Waals surface area contributed by atoms with Crippen molar-refractivity contribution < 1.29 is 4.74 Å². The number of hydrogen-bond acceptors (Lipinski definition) is 6. The van der Waals surface area contributed by atoms with Crippen LogP contribution in [-0.4, -0.2) is 47.7 Å². The van der Waals surface area contributed by atoms with E-state index in [2.05, 4.69) is 25.2 Å². The van der Waals surface area contributed by atoms with Crippen LogP contribution in [0.4, 0.5) is 5.95 Å². The van der Waals surface area contributed by atoms with Crippen LogP contribution < -0.4 is 10.2 Å². The summed E-state index contributed by atoms with van der Waals surface area (Å²) in [5.41, 5.74) is 0. The van der Waals surface area contributed by atoms with Crippen molar-refractivity contribution in [2.24, 2.45) is 0 Å². The summed E-state index contributed by atoms with van der Waals surface area (Å²) in [6.45, 7) is 4.83. The highest BCUT2D eigenvalue weighted by Gasteiger charge is 2.31. The van der Waals surface area contributed by atoms with Crippen LogP contribution in [0, 0.1) is 0 Å².